The van der Waals surface area contributed by atoms with Gasteiger partial charge in [0.05, 0.1) is 11.6 Å². The molecule has 0 aliphatic heterocycles. The van der Waals surface area contributed by atoms with Crippen LogP contribution in [0.4, 0.5) is 0 Å². The van der Waals surface area contributed by atoms with Crippen LogP contribution in [0.15, 0.2) is 24.3 Å². The Bertz CT molecular complexity index is 452. The average molecular weight is 290 g/mol. The van der Waals surface area contributed by atoms with Crippen molar-refractivity contribution in [2.75, 3.05) is 13.2 Å². The lowest BCUT2D eigenvalue weighted by molar-refractivity contribution is 0.101. The number of aliphatic hydroxyl groups excluding tert-OH is 1. The fourth-order valence-corrected chi connectivity index (χ4v) is 2.39. The Labute approximate surface area is 127 Å². The number of nitriles is 1. The fraction of sp³-hybridized carbons (Fsp3) is 0.588. The largest absolute Gasteiger partial charge is 0.491 e. The van der Waals surface area contributed by atoms with Gasteiger partial charge in [-0.1, -0.05) is 32.8 Å². The third-order valence-corrected chi connectivity index (χ3v) is 3.84. The molecule has 0 fully saturated rings. The number of nitrogens with one attached hydrogen (secondary N) is 1. The lowest BCUT2D eigenvalue weighted by atomic mass is 9.95. The minimum atomic E-state index is -0.562. The van der Waals surface area contributed by atoms with Gasteiger partial charge in [0.25, 0.3) is 0 Å². The molecular weight excluding hydrogens is 264 g/mol. The van der Waals surface area contributed by atoms with Crippen LogP contribution in [0.2, 0.25) is 0 Å². The highest BCUT2D eigenvalue weighted by molar-refractivity contribution is 5.36. The number of hydrogen-bond acceptors (Lipinski definition) is 4. The van der Waals surface area contributed by atoms with Crippen LogP contribution >= 0.6 is 0 Å². The van der Waals surface area contributed by atoms with Crippen LogP contribution in [-0.2, 0) is 0 Å². The van der Waals surface area contributed by atoms with Gasteiger partial charge in [0.15, 0.2) is 0 Å². The molecule has 0 spiro atoms. The van der Waals surface area contributed by atoms with E-state index in [0.29, 0.717) is 29.8 Å². The molecule has 0 aromatic heterocycles. The Hall–Kier alpha value is -1.57. The Morgan fingerprint density at radius 2 is 2.05 bits per heavy atom. The second kappa shape index (κ2) is 9.38. The highest BCUT2D eigenvalue weighted by atomic mass is 16.5. The number of hydrogen-bond donors (Lipinski definition) is 2. The number of aliphatic hydroxyl groups is 1. The monoisotopic (exact) mass is 290 g/mol. The molecular formula is C17H26N2O2. The lowest BCUT2D eigenvalue weighted by Gasteiger charge is -2.24. The van der Waals surface area contributed by atoms with Gasteiger partial charge in [-0.25, -0.2) is 0 Å². The summed E-state index contributed by atoms with van der Waals surface area (Å²) in [7, 11) is 0. The standard InChI is InChI=1S/C17H26N2O2/c1-4-15(5-2)13(3)19-11-16(20)12-21-17-8-6-7-14(9-17)10-18/h6-9,13,15-16,19-20H,4-5,11-12H2,1-3H3. The first-order valence-corrected chi connectivity index (χ1v) is 7.65. The maximum absolute atomic E-state index is 9.96. The Balaban J connectivity index is 2.34. The average Bonchev–Trinajstić information content (AvgIpc) is 2.52. The van der Waals surface area contributed by atoms with E-state index in [0.717, 1.165) is 12.8 Å². The molecule has 0 bridgehead atoms. The van der Waals surface area contributed by atoms with Gasteiger partial charge in [0.2, 0.25) is 0 Å². The van der Waals surface area contributed by atoms with E-state index in [4.69, 9.17) is 10.00 Å². The molecule has 2 N–H and O–H groups in total. The summed E-state index contributed by atoms with van der Waals surface area (Å²) < 4.78 is 5.51. The van der Waals surface area contributed by atoms with Crippen molar-refractivity contribution in [1.29, 1.82) is 5.26 Å². The normalized spacial score (nSPS) is 13.7. The molecule has 2 unspecified atom stereocenters. The van der Waals surface area contributed by atoms with Gasteiger partial charge >= 0.3 is 0 Å². The van der Waals surface area contributed by atoms with Crippen molar-refractivity contribution < 1.29 is 9.84 Å². The number of benzene rings is 1. The first-order valence-electron chi connectivity index (χ1n) is 7.65. The van der Waals surface area contributed by atoms with Gasteiger partial charge in [-0.05, 0) is 31.0 Å². The smallest absolute Gasteiger partial charge is 0.120 e. The molecule has 1 rings (SSSR count). The van der Waals surface area contributed by atoms with Crippen LogP contribution in [0.25, 0.3) is 0 Å². The minimum absolute atomic E-state index is 0.220. The van der Waals surface area contributed by atoms with Gasteiger partial charge in [-0.15, -0.1) is 0 Å². The molecule has 0 radical (unpaired) electrons. The molecule has 4 nitrogen and oxygen atoms in total. The van der Waals surface area contributed by atoms with Gasteiger partial charge in [0.1, 0.15) is 18.5 Å². The molecule has 0 saturated heterocycles. The zero-order valence-corrected chi connectivity index (χ0v) is 13.2. The highest BCUT2D eigenvalue weighted by Crippen LogP contribution is 2.14. The maximum Gasteiger partial charge on any atom is 0.120 e. The van der Waals surface area contributed by atoms with E-state index in [-0.39, 0.29) is 6.61 Å². The first-order chi connectivity index (χ1) is 10.1. The summed E-state index contributed by atoms with van der Waals surface area (Å²) in [5, 5.41) is 22.1. The molecule has 1 aromatic rings. The zero-order chi connectivity index (χ0) is 15.7. The summed E-state index contributed by atoms with van der Waals surface area (Å²) >= 11 is 0. The van der Waals surface area contributed by atoms with Crippen molar-refractivity contribution in [3.63, 3.8) is 0 Å². The van der Waals surface area contributed by atoms with Gasteiger partial charge in [-0.3, -0.25) is 0 Å². The summed E-state index contributed by atoms with van der Waals surface area (Å²) in [6.07, 6.45) is 1.71. The molecule has 1 aromatic carbocycles. The predicted molar refractivity (Wildman–Crippen MR) is 84.2 cm³/mol. The summed E-state index contributed by atoms with van der Waals surface area (Å²) in [6, 6.07) is 9.41. The van der Waals surface area contributed by atoms with Crippen LogP contribution < -0.4 is 10.1 Å². The van der Waals surface area contributed by atoms with E-state index >= 15 is 0 Å². The van der Waals surface area contributed by atoms with Crippen LogP contribution in [0.3, 0.4) is 0 Å². The third-order valence-electron chi connectivity index (χ3n) is 3.84. The molecule has 0 amide bonds. The van der Waals surface area contributed by atoms with E-state index in [9.17, 15) is 5.11 Å². The van der Waals surface area contributed by atoms with Crippen molar-refractivity contribution in [2.24, 2.45) is 5.92 Å². The molecule has 116 valence electrons. The molecule has 0 aliphatic rings. The van der Waals surface area contributed by atoms with Gasteiger partial charge in [-0.2, -0.15) is 5.26 Å². The predicted octanol–water partition coefficient (Wildman–Crippen LogP) is 2.71. The molecule has 0 heterocycles. The van der Waals surface area contributed by atoms with E-state index in [1.54, 1.807) is 24.3 Å². The van der Waals surface area contributed by atoms with E-state index in [1.165, 1.54) is 0 Å². The van der Waals surface area contributed by atoms with E-state index in [2.05, 4.69) is 32.2 Å². The van der Waals surface area contributed by atoms with Crippen molar-refractivity contribution in [2.45, 2.75) is 45.8 Å². The zero-order valence-electron chi connectivity index (χ0n) is 13.2. The fourth-order valence-electron chi connectivity index (χ4n) is 2.39. The maximum atomic E-state index is 9.96. The van der Waals surface area contributed by atoms with Crippen LogP contribution in [0, 0.1) is 17.2 Å². The van der Waals surface area contributed by atoms with Crippen molar-refractivity contribution in [3.8, 4) is 11.8 Å². The number of rotatable bonds is 9. The minimum Gasteiger partial charge on any atom is -0.491 e. The summed E-state index contributed by atoms with van der Waals surface area (Å²) in [5.74, 6) is 1.24. The van der Waals surface area contributed by atoms with Crippen molar-refractivity contribution in [3.05, 3.63) is 29.8 Å². The number of ether oxygens (including phenoxy) is 1. The third kappa shape index (κ3) is 6.16. The van der Waals surface area contributed by atoms with E-state index in [1.807, 2.05) is 0 Å². The molecule has 0 aliphatic carbocycles. The van der Waals surface area contributed by atoms with Gasteiger partial charge < -0.3 is 15.2 Å². The molecule has 21 heavy (non-hydrogen) atoms. The summed E-state index contributed by atoms with van der Waals surface area (Å²) in [6.45, 7) is 7.26. The van der Waals surface area contributed by atoms with E-state index < -0.39 is 6.10 Å². The highest BCUT2D eigenvalue weighted by Gasteiger charge is 2.14. The topological polar surface area (TPSA) is 65.3 Å². The first kappa shape index (κ1) is 17.5. The molecule has 2 atom stereocenters. The van der Waals surface area contributed by atoms with Crippen LogP contribution in [0.1, 0.15) is 39.2 Å². The quantitative estimate of drug-likeness (QED) is 0.734. The SMILES string of the molecule is CCC(CC)C(C)NCC(O)COc1cccc(C#N)c1. The lowest BCUT2D eigenvalue weighted by Crippen LogP contribution is -2.40. The Morgan fingerprint density at radius 1 is 1.33 bits per heavy atom. The number of nitrogens with zero attached hydrogens (tertiary/aromatic N) is 1. The van der Waals surface area contributed by atoms with Crippen LogP contribution in [-0.4, -0.2) is 30.4 Å². The summed E-state index contributed by atoms with van der Waals surface area (Å²) in [5.41, 5.74) is 0.558. The van der Waals surface area contributed by atoms with Gasteiger partial charge in [0, 0.05) is 12.6 Å². The molecule has 0 saturated carbocycles. The van der Waals surface area contributed by atoms with Crippen LogP contribution in [0.5, 0.6) is 5.75 Å². The Kier molecular flexibility index (Phi) is 7.81. The summed E-state index contributed by atoms with van der Waals surface area (Å²) in [4.78, 5) is 0. The van der Waals surface area contributed by atoms with Crippen molar-refractivity contribution in [1.82, 2.24) is 5.32 Å². The second-order valence-corrected chi connectivity index (χ2v) is 5.38. The second-order valence-electron chi connectivity index (χ2n) is 5.38. The molecule has 4 heteroatoms. The van der Waals surface area contributed by atoms with Crippen molar-refractivity contribution >= 4 is 0 Å². The Morgan fingerprint density at radius 3 is 2.67 bits per heavy atom.